The average molecular weight is 494 g/mol. The smallest absolute Gasteiger partial charge is 0.241 e. The molecule has 0 bridgehead atoms. The van der Waals surface area contributed by atoms with Crippen LogP contribution in [-0.4, -0.2) is 76.8 Å². The summed E-state index contributed by atoms with van der Waals surface area (Å²) < 4.78 is 12.9. The first-order valence-corrected chi connectivity index (χ1v) is 13.3. The molecule has 2 N–H and O–H groups in total. The molecule has 1 aromatic carbocycles. The molecule has 2 aromatic heterocycles. The van der Waals surface area contributed by atoms with Gasteiger partial charge in [-0.15, -0.1) is 5.10 Å². The molecule has 2 aliphatic rings. The Morgan fingerprint density at radius 3 is 2.53 bits per heavy atom. The number of hydrogen-bond donors (Lipinski definition) is 2. The molecule has 36 heavy (non-hydrogen) atoms. The van der Waals surface area contributed by atoms with E-state index < -0.39 is 0 Å². The highest BCUT2D eigenvalue weighted by atomic mass is 16.5. The predicted molar refractivity (Wildman–Crippen MR) is 141 cm³/mol. The van der Waals surface area contributed by atoms with Crippen LogP contribution in [0, 0.1) is 0 Å². The number of aliphatic hydroxyl groups is 1. The number of aromatic nitrogens is 3. The molecule has 194 valence electrons. The first-order chi connectivity index (χ1) is 17.5. The van der Waals surface area contributed by atoms with Crippen LogP contribution < -0.4 is 5.32 Å². The highest BCUT2D eigenvalue weighted by Gasteiger charge is 2.26. The number of benzene rings is 1. The van der Waals surface area contributed by atoms with E-state index >= 15 is 0 Å². The second kappa shape index (κ2) is 11.3. The van der Waals surface area contributed by atoms with Gasteiger partial charge in [0.25, 0.3) is 0 Å². The monoisotopic (exact) mass is 493 g/mol. The molecule has 5 rings (SSSR count). The molecule has 8 heteroatoms. The number of ether oxygens (including phenoxy) is 2. The number of methoxy groups -OCH3 is 1. The Balaban J connectivity index is 1.47. The molecule has 1 aliphatic heterocycles. The third kappa shape index (κ3) is 5.42. The van der Waals surface area contributed by atoms with Crippen molar-refractivity contribution < 1.29 is 14.6 Å². The van der Waals surface area contributed by atoms with Gasteiger partial charge in [-0.25, -0.2) is 9.50 Å². The average Bonchev–Trinajstić information content (AvgIpc) is 3.28. The van der Waals surface area contributed by atoms with Gasteiger partial charge in [0.15, 0.2) is 0 Å². The first-order valence-electron chi connectivity index (χ1n) is 13.3. The number of hydrogen-bond acceptors (Lipinski definition) is 7. The van der Waals surface area contributed by atoms with Crippen molar-refractivity contribution in [2.24, 2.45) is 0 Å². The fraction of sp³-hybridized carbons (Fsp3) is 0.571. The molecule has 1 aliphatic carbocycles. The van der Waals surface area contributed by atoms with Crippen LogP contribution in [0.25, 0.3) is 16.6 Å². The van der Waals surface area contributed by atoms with Crippen molar-refractivity contribution in [3.8, 4) is 11.1 Å². The van der Waals surface area contributed by atoms with Crippen LogP contribution >= 0.6 is 0 Å². The fourth-order valence-electron chi connectivity index (χ4n) is 5.60. The highest BCUT2D eigenvalue weighted by molar-refractivity contribution is 5.81. The zero-order chi connectivity index (χ0) is 25.1. The summed E-state index contributed by atoms with van der Waals surface area (Å²) >= 11 is 0. The minimum atomic E-state index is -0.185. The quantitative estimate of drug-likeness (QED) is 0.485. The number of aliphatic hydroxyl groups excluding tert-OH is 1. The van der Waals surface area contributed by atoms with Crippen LogP contribution in [-0.2, 0) is 9.47 Å². The molecule has 3 heterocycles. The molecule has 8 nitrogen and oxygen atoms in total. The third-order valence-corrected chi connectivity index (χ3v) is 7.75. The number of nitrogens with one attached hydrogen (secondary N) is 1. The standard InChI is InChI=1S/C28H39N5O3/c1-19(18-35-3)30-28-29-17-27-25(16-26(33(27)31-28)23-8-10-24(34)11-9-23)22-6-4-21(5-7-22)20(2)32-12-14-36-15-13-32/h4-7,16-17,19-20,23-24,34H,8-15,18H2,1-3H3,(H,30,31)/t19-,20+,23-,24+/m0/s1. The summed E-state index contributed by atoms with van der Waals surface area (Å²) in [6.07, 6.45) is 5.35. The van der Waals surface area contributed by atoms with E-state index in [9.17, 15) is 5.11 Å². The summed E-state index contributed by atoms with van der Waals surface area (Å²) in [4.78, 5) is 7.12. The SMILES string of the molecule is COC[C@H](C)Nc1ncc2c(-c3ccc([C@@H](C)N4CCOCC4)cc3)cc([C@H]3CC[C@@H](O)CC3)n2n1. The van der Waals surface area contributed by atoms with Gasteiger partial charge in [-0.1, -0.05) is 24.3 Å². The molecule has 2 fully saturated rings. The van der Waals surface area contributed by atoms with E-state index in [1.807, 2.05) is 6.20 Å². The van der Waals surface area contributed by atoms with Crippen LogP contribution in [0.1, 0.15) is 62.7 Å². The van der Waals surface area contributed by atoms with Crippen molar-refractivity contribution in [2.45, 2.75) is 63.6 Å². The maximum atomic E-state index is 10.1. The van der Waals surface area contributed by atoms with E-state index in [2.05, 4.69) is 63.9 Å². The Morgan fingerprint density at radius 2 is 1.83 bits per heavy atom. The van der Waals surface area contributed by atoms with Crippen LogP contribution in [0.15, 0.2) is 36.5 Å². The van der Waals surface area contributed by atoms with Gasteiger partial charge in [0.05, 0.1) is 37.6 Å². The van der Waals surface area contributed by atoms with Crippen LogP contribution in [0.3, 0.4) is 0 Å². The zero-order valence-corrected chi connectivity index (χ0v) is 21.7. The zero-order valence-electron chi connectivity index (χ0n) is 21.7. The van der Waals surface area contributed by atoms with Crippen molar-refractivity contribution in [1.29, 1.82) is 0 Å². The summed E-state index contributed by atoms with van der Waals surface area (Å²) in [5, 5.41) is 18.3. The topological polar surface area (TPSA) is 84.2 Å². The summed E-state index contributed by atoms with van der Waals surface area (Å²) in [6.45, 7) is 8.48. The Kier molecular flexibility index (Phi) is 7.86. The van der Waals surface area contributed by atoms with E-state index in [-0.39, 0.29) is 12.1 Å². The van der Waals surface area contributed by atoms with Gasteiger partial charge >= 0.3 is 0 Å². The largest absolute Gasteiger partial charge is 0.393 e. The normalized spacial score (nSPS) is 23.0. The van der Waals surface area contributed by atoms with Crippen LogP contribution in [0.4, 0.5) is 5.95 Å². The number of fused-ring (bicyclic) bond motifs is 1. The van der Waals surface area contributed by atoms with Crippen molar-refractivity contribution in [1.82, 2.24) is 19.5 Å². The second-order valence-corrected chi connectivity index (χ2v) is 10.3. The van der Waals surface area contributed by atoms with Crippen molar-refractivity contribution in [2.75, 3.05) is 45.3 Å². The van der Waals surface area contributed by atoms with Gasteiger partial charge in [0, 0.05) is 49.5 Å². The van der Waals surface area contributed by atoms with E-state index in [4.69, 9.17) is 14.6 Å². The van der Waals surface area contributed by atoms with Gasteiger partial charge in [-0.3, -0.25) is 4.90 Å². The molecule has 0 radical (unpaired) electrons. The predicted octanol–water partition coefficient (Wildman–Crippen LogP) is 4.25. The highest BCUT2D eigenvalue weighted by Crippen LogP contribution is 2.38. The van der Waals surface area contributed by atoms with Gasteiger partial charge < -0.3 is 19.9 Å². The maximum absolute atomic E-state index is 10.1. The minimum Gasteiger partial charge on any atom is -0.393 e. The fourth-order valence-corrected chi connectivity index (χ4v) is 5.60. The maximum Gasteiger partial charge on any atom is 0.241 e. The van der Waals surface area contributed by atoms with Gasteiger partial charge in [-0.2, -0.15) is 0 Å². The van der Waals surface area contributed by atoms with Crippen molar-refractivity contribution in [3.63, 3.8) is 0 Å². The molecule has 0 amide bonds. The number of morpholine rings is 1. The van der Waals surface area contributed by atoms with E-state index in [0.29, 0.717) is 24.5 Å². The first kappa shape index (κ1) is 25.1. The van der Waals surface area contributed by atoms with Gasteiger partial charge in [-0.05, 0) is 56.7 Å². The lowest BCUT2D eigenvalue weighted by Gasteiger charge is -2.32. The molecule has 3 aromatic rings. The summed E-state index contributed by atoms with van der Waals surface area (Å²) in [5.41, 5.74) is 5.85. The van der Waals surface area contributed by atoms with E-state index in [1.54, 1.807) is 7.11 Å². The Morgan fingerprint density at radius 1 is 1.11 bits per heavy atom. The van der Waals surface area contributed by atoms with Crippen molar-refractivity contribution >= 4 is 11.5 Å². The summed E-state index contributed by atoms with van der Waals surface area (Å²) in [7, 11) is 1.70. The van der Waals surface area contributed by atoms with Crippen LogP contribution in [0.2, 0.25) is 0 Å². The molecule has 1 saturated carbocycles. The third-order valence-electron chi connectivity index (χ3n) is 7.75. The summed E-state index contributed by atoms with van der Waals surface area (Å²) in [5.74, 6) is 0.968. The Hall–Kier alpha value is -2.52. The van der Waals surface area contributed by atoms with E-state index in [1.165, 1.54) is 16.8 Å². The summed E-state index contributed by atoms with van der Waals surface area (Å²) in [6, 6.07) is 11.7. The molecule has 1 saturated heterocycles. The second-order valence-electron chi connectivity index (χ2n) is 10.3. The Bertz CT molecular complexity index is 1130. The van der Waals surface area contributed by atoms with Crippen LogP contribution in [0.5, 0.6) is 0 Å². The lowest BCUT2D eigenvalue weighted by molar-refractivity contribution is 0.0198. The number of anilines is 1. The van der Waals surface area contributed by atoms with Gasteiger partial charge in [0.1, 0.15) is 0 Å². The molecule has 2 atom stereocenters. The molecule has 0 spiro atoms. The molecular weight excluding hydrogens is 454 g/mol. The number of rotatable bonds is 8. The lowest BCUT2D eigenvalue weighted by Crippen LogP contribution is -2.37. The van der Waals surface area contributed by atoms with E-state index in [0.717, 1.165) is 63.1 Å². The lowest BCUT2D eigenvalue weighted by atomic mass is 9.85. The van der Waals surface area contributed by atoms with Crippen molar-refractivity contribution in [3.05, 3.63) is 47.8 Å². The Labute approximate surface area is 213 Å². The number of nitrogens with zero attached hydrogens (tertiary/aromatic N) is 4. The minimum absolute atomic E-state index is 0.108. The van der Waals surface area contributed by atoms with Gasteiger partial charge in [0.2, 0.25) is 5.95 Å². The molecule has 0 unspecified atom stereocenters. The molecular formula is C28H39N5O3.